The van der Waals surface area contributed by atoms with Gasteiger partial charge in [0.2, 0.25) is 0 Å². The molecule has 2 heterocycles. The zero-order valence-corrected chi connectivity index (χ0v) is 19.0. The zero-order valence-electron chi connectivity index (χ0n) is 19.0. The Labute approximate surface area is 189 Å². The molecule has 172 valence electrons. The monoisotopic (exact) mass is 440 g/mol. The Morgan fingerprint density at radius 2 is 2.06 bits per heavy atom. The number of halogens is 1. The highest BCUT2D eigenvalue weighted by Gasteiger charge is 2.43. The molecular weight excluding hydrogens is 407 g/mol. The number of hydrogen-bond acceptors (Lipinski definition) is 4. The van der Waals surface area contributed by atoms with Crippen LogP contribution in [0.2, 0.25) is 0 Å². The van der Waals surface area contributed by atoms with Gasteiger partial charge in [0.25, 0.3) is 5.91 Å². The second-order valence-electron chi connectivity index (χ2n) is 8.80. The molecule has 6 heteroatoms. The molecule has 1 N–H and O–H groups in total. The first-order chi connectivity index (χ1) is 15.5. The number of likely N-dealkylation sites (tertiary alicyclic amines) is 1. The molecule has 4 rings (SSSR count). The van der Waals surface area contributed by atoms with Gasteiger partial charge in [-0.15, -0.1) is 0 Å². The van der Waals surface area contributed by atoms with Gasteiger partial charge in [0, 0.05) is 31.2 Å². The molecule has 0 aromatic heterocycles. The summed E-state index contributed by atoms with van der Waals surface area (Å²) in [5, 5.41) is 3.19. The Morgan fingerprint density at radius 3 is 2.75 bits per heavy atom. The van der Waals surface area contributed by atoms with Gasteiger partial charge >= 0.3 is 0 Å². The molecule has 2 saturated heterocycles. The quantitative estimate of drug-likeness (QED) is 0.669. The van der Waals surface area contributed by atoms with Gasteiger partial charge in [0.15, 0.2) is 5.60 Å². The maximum Gasteiger partial charge on any atom is 0.252 e. The first kappa shape index (κ1) is 22.7. The van der Waals surface area contributed by atoms with E-state index in [4.69, 9.17) is 9.47 Å². The third-order valence-electron chi connectivity index (χ3n) is 6.84. The lowest BCUT2D eigenvalue weighted by Gasteiger charge is -2.29. The van der Waals surface area contributed by atoms with E-state index in [1.54, 1.807) is 13.2 Å². The molecule has 0 aliphatic carbocycles. The SMILES string of the molecule is CCN1CCC[C@@H]1CNC(=O)[C@@]1(Cc2ccc(-c3cc(F)ccc3OC)cc2)CCCO1. The number of rotatable bonds is 8. The second-order valence-corrected chi connectivity index (χ2v) is 8.80. The van der Waals surface area contributed by atoms with Crippen LogP contribution in [-0.2, 0) is 16.0 Å². The number of ether oxygens (including phenoxy) is 2. The standard InChI is InChI=1S/C26H33FN2O3/c1-3-29-14-4-6-22(29)18-28-25(30)26(13-5-15-32-26)17-19-7-9-20(10-8-19)23-16-21(27)11-12-24(23)31-2/h7-12,16,22H,3-6,13-15,17-18H2,1-2H3,(H,28,30)/t22-,26+/m1/s1. The number of nitrogens with zero attached hydrogens (tertiary/aromatic N) is 1. The van der Waals surface area contributed by atoms with E-state index < -0.39 is 5.60 Å². The van der Waals surface area contributed by atoms with E-state index in [1.807, 2.05) is 24.3 Å². The molecule has 2 aromatic carbocycles. The molecular formula is C26H33FN2O3. The Bertz CT molecular complexity index is 925. The Balaban J connectivity index is 1.46. The predicted molar refractivity (Wildman–Crippen MR) is 123 cm³/mol. The van der Waals surface area contributed by atoms with E-state index in [0.717, 1.165) is 43.5 Å². The number of carbonyl (C=O) groups is 1. The smallest absolute Gasteiger partial charge is 0.252 e. The molecule has 0 bridgehead atoms. The van der Waals surface area contributed by atoms with Crippen LogP contribution in [0.5, 0.6) is 5.75 Å². The van der Waals surface area contributed by atoms with Crippen LogP contribution in [0.15, 0.2) is 42.5 Å². The predicted octanol–water partition coefficient (Wildman–Crippen LogP) is 4.19. The fraction of sp³-hybridized carbons (Fsp3) is 0.500. The highest BCUT2D eigenvalue weighted by molar-refractivity contribution is 5.86. The molecule has 2 aliphatic rings. The largest absolute Gasteiger partial charge is 0.496 e. The lowest BCUT2D eigenvalue weighted by atomic mass is 9.89. The summed E-state index contributed by atoms with van der Waals surface area (Å²) in [6.07, 6.45) is 4.46. The molecule has 0 spiro atoms. The Hall–Kier alpha value is -2.44. The number of likely N-dealkylation sites (N-methyl/N-ethyl adjacent to an activating group) is 1. The van der Waals surface area contributed by atoms with Crippen molar-refractivity contribution >= 4 is 5.91 Å². The Morgan fingerprint density at radius 1 is 1.25 bits per heavy atom. The van der Waals surface area contributed by atoms with Crippen LogP contribution in [0.1, 0.15) is 38.2 Å². The number of hydrogen-bond donors (Lipinski definition) is 1. The number of methoxy groups -OCH3 is 1. The van der Waals surface area contributed by atoms with E-state index in [-0.39, 0.29) is 11.7 Å². The topological polar surface area (TPSA) is 50.8 Å². The van der Waals surface area contributed by atoms with Crippen molar-refractivity contribution in [3.8, 4) is 16.9 Å². The van der Waals surface area contributed by atoms with Crippen molar-refractivity contribution in [1.82, 2.24) is 10.2 Å². The van der Waals surface area contributed by atoms with E-state index >= 15 is 0 Å². The van der Waals surface area contributed by atoms with Gasteiger partial charge < -0.3 is 14.8 Å². The summed E-state index contributed by atoms with van der Waals surface area (Å²) in [5.74, 6) is 0.319. The minimum absolute atomic E-state index is 0.00571. The van der Waals surface area contributed by atoms with Crippen molar-refractivity contribution in [2.75, 3.05) is 33.4 Å². The van der Waals surface area contributed by atoms with Gasteiger partial charge in [-0.05, 0) is 68.1 Å². The van der Waals surface area contributed by atoms with Crippen molar-refractivity contribution in [2.45, 2.75) is 50.7 Å². The van der Waals surface area contributed by atoms with Crippen LogP contribution in [0, 0.1) is 5.82 Å². The average Bonchev–Trinajstić information content (AvgIpc) is 3.48. The van der Waals surface area contributed by atoms with Crippen molar-refractivity contribution in [3.05, 3.63) is 53.8 Å². The van der Waals surface area contributed by atoms with E-state index in [1.165, 1.54) is 18.6 Å². The van der Waals surface area contributed by atoms with Crippen molar-refractivity contribution in [1.29, 1.82) is 0 Å². The molecule has 2 atom stereocenters. The number of carbonyl (C=O) groups excluding carboxylic acids is 1. The highest BCUT2D eigenvalue weighted by Crippen LogP contribution is 2.33. The maximum atomic E-state index is 13.8. The van der Waals surface area contributed by atoms with Crippen molar-refractivity contribution < 1.29 is 18.7 Å². The molecule has 2 aromatic rings. The fourth-order valence-electron chi connectivity index (χ4n) is 5.05. The lowest BCUT2D eigenvalue weighted by molar-refractivity contribution is -0.141. The third-order valence-corrected chi connectivity index (χ3v) is 6.84. The lowest BCUT2D eigenvalue weighted by Crippen LogP contribution is -2.51. The highest BCUT2D eigenvalue weighted by atomic mass is 19.1. The van der Waals surface area contributed by atoms with Crippen LogP contribution < -0.4 is 10.1 Å². The molecule has 0 unspecified atom stereocenters. The number of benzene rings is 2. The summed E-state index contributed by atoms with van der Waals surface area (Å²) in [7, 11) is 1.58. The number of amides is 1. The van der Waals surface area contributed by atoms with E-state index in [0.29, 0.717) is 36.9 Å². The van der Waals surface area contributed by atoms with Gasteiger partial charge in [-0.2, -0.15) is 0 Å². The molecule has 0 radical (unpaired) electrons. The van der Waals surface area contributed by atoms with Crippen LogP contribution in [0.4, 0.5) is 4.39 Å². The molecule has 2 aliphatic heterocycles. The zero-order chi connectivity index (χ0) is 22.6. The summed E-state index contributed by atoms with van der Waals surface area (Å²) in [6, 6.07) is 12.8. The van der Waals surface area contributed by atoms with E-state index in [9.17, 15) is 9.18 Å². The molecule has 1 amide bonds. The third kappa shape index (κ3) is 4.81. The van der Waals surface area contributed by atoms with Gasteiger partial charge in [0.05, 0.1) is 7.11 Å². The molecule has 2 fully saturated rings. The van der Waals surface area contributed by atoms with Crippen LogP contribution >= 0.6 is 0 Å². The first-order valence-electron chi connectivity index (χ1n) is 11.6. The summed E-state index contributed by atoms with van der Waals surface area (Å²) in [4.78, 5) is 15.7. The fourth-order valence-corrected chi connectivity index (χ4v) is 5.05. The van der Waals surface area contributed by atoms with Gasteiger partial charge in [-0.3, -0.25) is 9.69 Å². The normalized spacial score (nSPS) is 23.4. The summed E-state index contributed by atoms with van der Waals surface area (Å²) in [6.45, 7) is 5.59. The van der Waals surface area contributed by atoms with Crippen LogP contribution in [-0.4, -0.2) is 55.8 Å². The summed E-state index contributed by atoms with van der Waals surface area (Å²) < 4.78 is 25.2. The second kappa shape index (κ2) is 10.0. The minimum Gasteiger partial charge on any atom is -0.496 e. The van der Waals surface area contributed by atoms with Crippen LogP contribution in [0.3, 0.4) is 0 Å². The van der Waals surface area contributed by atoms with E-state index in [2.05, 4.69) is 17.1 Å². The number of nitrogens with one attached hydrogen (secondary N) is 1. The average molecular weight is 441 g/mol. The molecule has 0 saturated carbocycles. The summed E-state index contributed by atoms with van der Waals surface area (Å²) in [5.41, 5.74) is 1.79. The summed E-state index contributed by atoms with van der Waals surface area (Å²) >= 11 is 0. The van der Waals surface area contributed by atoms with Crippen LogP contribution in [0.25, 0.3) is 11.1 Å². The van der Waals surface area contributed by atoms with Crippen molar-refractivity contribution in [3.63, 3.8) is 0 Å². The molecule has 5 nitrogen and oxygen atoms in total. The maximum absolute atomic E-state index is 13.8. The van der Waals surface area contributed by atoms with Gasteiger partial charge in [-0.25, -0.2) is 4.39 Å². The van der Waals surface area contributed by atoms with Gasteiger partial charge in [-0.1, -0.05) is 31.2 Å². The van der Waals surface area contributed by atoms with Crippen molar-refractivity contribution in [2.24, 2.45) is 0 Å². The first-order valence-corrected chi connectivity index (χ1v) is 11.6. The minimum atomic E-state index is -0.812. The van der Waals surface area contributed by atoms with Gasteiger partial charge in [0.1, 0.15) is 11.6 Å². The molecule has 32 heavy (non-hydrogen) atoms. The Kier molecular flexibility index (Phi) is 7.11.